The summed E-state index contributed by atoms with van der Waals surface area (Å²) < 4.78 is 84.6. The number of alkyl halides is 2. The van der Waals surface area contributed by atoms with Crippen molar-refractivity contribution in [3.63, 3.8) is 0 Å². The highest BCUT2D eigenvalue weighted by molar-refractivity contribution is 7.89. The first-order valence-electron chi connectivity index (χ1n) is 30.9. The fourth-order valence-electron chi connectivity index (χ4n) is 13.2. The van der Waals surface area contributed by atoms with Crippen LogP contribution in [0.4, 0.5) is 0 Å². The molecule has 14 rings (SSSR count). The van der Waals surface area contributed by atoms with E-state index in [2.05, 4.69) is 134 Å². The number of halogens is 2. The maximum Gasteiger partial charge on any atom is 0.243 e. The van der Waals surface area contributed by atoms with Gasteiger partial charge in [-0.3, -0.25) is 24.5 Å². The van der Waals surface area contributed by atoms with Crippen molar-refractivity contribution in [1.82, 2.24) is 37.4 Å². The van der Waals surface area contributed by atoms with Gasteiger partial charge in [-0.05, 0) is 64.2 Å². The molecule has 0 saturated carbocycles. The van der Waals surface area contributed by atoms with E-state index >= 15 is 0 Å². The van der Waals surface area contributed by atoms with Crippen molar-refractivity contribution in [1.29, 1.82) is 0 Å². The van der Waals surface area contributed by atoms with Crippen LogP contribution in [-0.2, 0) is 62.8 Å². The van der Waals surface area contributed by atoms with Crippen molar-refractivity contribution in [3.05, 3.63) is 270 Å². The predicted molar refractivity (Wildman–Crippen MR) is 359 cm³/mol. The van der Waals surface area contributed by atoms with Crippen LogP contribution in [0.5, 0.6) is 0 Å². The summed E-state index contributed by atoms with van der Waals surface area (Å²) in [7, 11) is -10.6. The molecule has 8 aromatic carbocycles. The first-order chi connectivity index (χ1) is 43.7. The molecule has 90 heavy (non-hydrogen) atoms. The number of hydrogen-bond donors (Lipinski definition) is 0. The van der Waals surface area contributed by atoms with Gasteiger partial charge in [0.1, 0.15) is 0 Å². The maximum absolute atomic E-state index is 13.5. The van der Waals surface area contributed by atoms with Gasteiger partial charge in [0.05, 0.1) is 14.7 Å². The van der Waals surface area contributed by atoms with Crippen molar-refractivity contribution < 1.29 is 25.3 Å². The van der Waals surface area contributed by atoms with Crippen molar-refractivity contribution in [3.8, 4) is 0 Å². The Morgan fingerprint density at radius 2 is 0.533 bits per heavy atom. The third-order valence-electron chi connectivity index (χ3n) is 17.8. The summed E-state index contributed by atoms with van der Waals surface area (Å²) in [6.45, 7) is 10.4. The Labute approximate surface area is 543 Å². The molecule has 0 aliphatic carbocycles. The lowest BCUT2D eigenvalue weighted by molar-refractivity contribution is -0.0307. The van der Waals surface area contributed by atoms with Gasteiger partial charge < -0.3 is 0 Å². The van der Waals surface area contributed by atoms with Crippen molar-refractivity contribution in [2.75, 3.05) is 77.2 Å². The van der Waals surface area contributed by atoms with Gasteiger partial charge in [-0.1, -0.05) is 206 Å². The van der Waals surface area contributed by atoms with E-state index in [1.807, 2.05) is 54.6 Å². The van der Waals surface area contributed by atoms with Gasteiger partial charge in [0.15, 0.2) is 0 Å². The standard InChI is InChI=1S/2C26H29N3O2S.C19H22Cl2N2O2S/c30-32(31,26-14-8-3-9-15-26)29-20-24-19-28(17-23-12-6-2-7-13-23)25(21-29)18-27(24)16-22-10-4-1-5-11-22;30-32(31,26-14-8-3-9-15-26)28-20-24-18-27(16-22-10-4-1-5-11-22)19-25(21-28)29(24)17-23-12-6-2-7-13-23;20-11-17-14-22(26(24,25)19-9-5-2-6-10-19)15-18(12-21)23(17)13-16-7-3-1-4-8-16/h2*1-15,24-25H,16-21H2;1-10,17-18H,11-15H2/t;;17-,18+. The van der Waals surface area contributed by atoms with Crippen LogP contribution in [0.25, 0.3) is 0 Å². The molecule has 0 aromatic heterocycles. The van der Waals surface area contributed by atoms with Crippen LogP contribution in [0.3, 0.4) is 0 Å². The molecule has 6 saturated heterocycles. The van der Waals surface area contributed by atoms with Crippen LogP contribution in [0.15, 0.2) is 257 Å². The van der Waals surface area contributed by atoms with Gasteiger partial charge >= 0.3 is 0 Å². The molecule has 8 aromatic rings. The maximum atomic E-state index is 13.5. The van der Waals surface area contributed by atoms with Crippen molar-refractivity contribution in [2.24, 2.45) is 0 Å². The zero-order valence-electron chi connectivity index (χ0n) is 50.6. The number of benzene rings is 8. The van der Waals surface area contributed by atoms with E-state index in [1.165, 1.54) is 26.6 Å². The normalized spacial score (nSPS) is 22.6. The molecule has 14 nitrogen and oxygen atoms in total. The Morgan fingerprint density at radius 1 is 0.278 bits per heavy atom. The fraction of sp³-hybridized carbons (Fsp3) is 0.324. The SMILES string of the molecule is O=S(=O)(c1ccccc1)N1CC2CN(Cc3ccccc3)C(CN2Cc2ccccc2)C1.O=S(=O)(c1ccccc1)N1CC2CN(Cc3ccccc3)CC(C1)N2Cc1ccccc1.O=S(=O)(c1ccccc1)N1C[C@@H](CCl)N(Cc2ccccc2)[C@@H](CCl)C1. The van der Waals surface area contributed by atoms with Crippen LogP contribution in [0.2, 0.25) is 0 Å². The van der Waals surface area contributed by atoms with Crippen molar-refractivity contribution >= 4 is 53.3 Å². The zero-order chi connectivity index (χ0) is 62.5. The molecule has 0 spiro atoms. The van der Waals surface area contributed by atoms with Gasteiger partial charge in [-0.15, -0.1) is 23.2 Å². The Morgan fingerprint density at radius 3 is 0.844 bits per heavy atom. The minimum Gasteiger partial charge on any atom is -0.296 e. The van der Waals surface area contributed by atoms with Crippen LogP contribution in [0.1, 0.15) is 27.8 Å². The molecule has 4 unspecified atom stereocenters. The minimum atomic E-state index is -3.55. The molecule has 6 fully saturated rings. The Kier molecular flexibility index (Phi) is 22.2. The largest absolute Gasteiger partial charge is 0.296 e. The van der Waals surface area contributed by atoms with Gasteiger partial charge in [0.2, 0.25) is 30.1 Å². The minimum absolute atomic E-state index is 0.0899. The van der Waals surface area contributed by atoms with Crippen LogP contribution < -0.4 is 0 Å². The Hall–Kier alpha value is -6.13. The molecule has 0 radical (unpaired) electrons. The van der Waals surface area contributed by atoms with Gasteiger partial charge in [-0.2, -0.15) is 12.9 Å². The first-order valence-corrected chi connectivity index (χ1v) is 36.3. The predicted octanol–water partition coefficient (Wildman–Crippen LogP) is 10.3. The molecule has 0 N–H and O–H groups in total. The van der Waals surface area contributed by atoms with Crippen LogP contribution in [0, 0.1) is 0 Å². The molecule has 4 bridgehead atoms. The highest BCUT2D eigenvalue weighted by atomic mass is 35.5. The summed E-state index contributed by atoms with van der Waals surface area (Å²) in [5.74, 6) is 0.696. The highest BCUT2D eigenvalue weighted by Crippen LogP contribution is 2.32. The topological polar surface area (TPSA) is 128 Å². The third kappa shape index (κ3) is 16.2. The van der Waals surface area contributed by atoms with Gasteiger partial charge in [0, 0.05) is 146 Å². The van der Waals surface area contributed by atoms with E-state index in [0.717, 1.165) is 57.9 Å². The fourth-order valence-corrected chi connectivity index (χ4v) is 18.4. The first kappa shape index (κ1) is 65.4. The van der Waals surface area contributed by atoms with Crippen LogP contribution in [-0.4, -0.2) is 176 Å². The zero-order valence-corrected chi connectivity index (χ0v) is 54.5. The second-order valence-electron chi connectivity index (χ2n) is 24.0. The smallest absolute Gasteiger partial charge is 0.243 e. The molecule has 6 atom stereocenters. The molecule has 19 heteroatoms. The molecule has 0 amide bonds. The van der Waals surface area contributed by atoms with E-state index in [-0.39, 0.29) is 36.3 Å². The second-order valence-corrected chi connectivity index (χ2v) is 30.4. The summed E-state index contributed by atoms with van der Waals surface area (Å²) >= 11 is 12.4. The number of rotatable bonds is 18. The third-order valence-corrected chi connectivity index (χ3v) is 24.1. The number of nitrogens with zero attached hydrogens (tertiary/aromatic N) is 8. The van der Waals surface area contributed by atoms with E-state index in [0.29, 0.717) is 72.3 Å². The number of hydrogen-bond acceptors (Lipinski definition) is 11. The van der Waals surface area contributed by atoms with Crippen LogP contribution >= 0.6 is 23.2 Å². The molecule has 6 aliphatic rings. The average molecular weight is 1310 g/mol. The Balaban J connectivity index is 0.000000140. The lowest BCUT2D eigenvalue weighted by Gasteiger charge is -2.53. The number of fused-ring (bicyclic) bond motifs is 6. The molecule has 472 valence electrons. The number of piperazine rings is 4. The second kappa shape index (κ2) is 30.5. The lowest BCUT2D eigenvalue weighted by atomic mass is 9.99. The van der Waals surface area contributed by atoms with E-state index in [9.17, 15) is 25.3 Å². The summed E-state index contributed by atoms with van der Waals surface area (Å²) in [5, 5.41) is 0. The van der Waals surface area contributed by atoms with Gasteiger partial charge in [0.25, 0.3) is 0 Å². The summed E-state index contributed by atoms with van der Waals surface area (Å²) in [5.41, 5.74) is 6.28. The summed E-state index contributed by atoms with van der Waals surface area (Å²) in [6.07, 6.45) is 0. The molecule has 6 aliphatic heterocycles. The molecular formula is C71H80Cl2N8O6S3. The highest BCUT2D eigenvalue weighted by Gasteiger charge is 2.46. The quantitative estimate of drug-likeness (QED) is 0.0762. The monoisotopic (exact) mass is 1310 g/mol. The van der Waals surface area contributed by atoms with Crippen molar-refractivity contribution in [2.45, 2.75) is 83.7 Å². The van der Waals surface area contributed by atoms with Gasteiger partial charge in [-0.25, -0.2) is 25.3 Å². The van der Waals surface area contributed by atoms with E-state index in [1.54, 1.807) is 87.5 Å². The molecular weight excluding hydrogens is 1230 g/mol. The summed E-state index contributed by atoms with van der Waals surface area (Å²) in [6, 6.07) is 78.7. The average Bonchev–Trinajstić information content (AvgIpc) is 1.61. The number of sulfonamides is 3. The molecule has 6 heterocycles. The van der Waals surface area contributed by atoms with E-state index < -0.39 is 30.1 Å². The lowest BCUT2D eigenvalue weighted by Crippen LogP contribution is -2.68. The summed E-state index contributed by atoms with van der Waals surface area (Å²) in [4.78, 5) is 13.3. The Bertz CT molecular complexity index is 3770. The van der Waals surface area contributed by atoms with E-state index in [4.69, 9.17) is 23.2 Å².